The Morgan fingerprint density at radius 2 is 0.714 bits per heavy atom. The molecule has 42 heavy (non-hydrogen) atoms. The van der Waals surface area contributed by atoms with E-state index in [2.05, 4.69) is 89.2 Å². The Bertz CT molecular complexity index is 1050. The first-order chi connectivity index (χ1) is 19.3. The first kappa shape index (κ1) is 35.7. The lowest BCUT2D eigenvalue weighted by atomic mass is 9.81. The van der Waals surface area contributed by atoms with E-state index in [1.54, 1.807) is 0 Å². The number of hydrogen-bond acceptors (Lipinski definition) is 7. The molecule has 2 N–H and O–H groups in total. The summed E-state index contributed by atoms with van der Waals surface area (Å²) in [7, 11) is 0. The largest absolute Gasteiger partial charge is 0.491 e. The maximum atomic E-state index is 9.32. The standard InChI is InChI=1S/C35H56O7/c1-32(2,3)24-20-30(25(33(4,5)6)19-28(24)39-15-13-36)41-18-17-38-23-42-31-22-26(34(7,8)9)29(40-16-14-37)21-27(31)35(10,11)12/h19-22,36-37H,13-18,23H2,1-12H3. The minimum absolute atomic E-state index is 0.0392. The Morgan fingerprint density at radius 1 is 0.429 bits per heavy atom. The van der Waals surface area contributed by atoms with Crippen molar-refractivity contribution in [3.63, 3.8) is 0 Å². The smallest absolute Gasteiger partial charge is 0.189 e. The van der Waals surface area contributed by atoms with Gasteiger partial charge in [0.05, 0.1) is 19.8 Å². The van der Waals surface area contributed by atoms with Gasteiger partial charge in [-0.3, -0.25) is 0 Å². The molecule has 7 nitrogen and oxygen atoms in total. The summed E-state index contributed by atoms with van der Waals surface area (Å²) in [6.07, 6.45) is 0. The fraction of sp³-hybridized carbons (Fsp3) is 0.657. The molecule has 0 amide bonds. The third-order valence-electron chi connectivity index (χ3n) is 6.88. The van der Waals surface area contributed by atoms with E-state index in [0.717, 1.165) is 45.3 Å². The highest BCUT2D eigenvalue weighted by Crippen LogP contribution is 2.42. The van der Waals surface area contributed by atoms with E-state index in [4.69, 9.17) is 23.7 Å². The summed E-state index contributed by atoms with van der Waals surface area (Å²) in [5.41, 5.74) is 3.38. The van der Waals surface area contributed by atoms with Crippen LogP contribution >= 0.6 is 0 Å². The van der Waals surface area contributed by atoms with Gasteiger partial charge in [-0.05, 0) is 45.9 Å². The van der Waals surface area contributed by atoms with Gasteiger partial charge in [0.15, 0.2) is 6.79 Å². The van der Waals surface area contributed by atoms with Gasteiger partial charge < -0.3 is 33.9 Å². The van der Waals surface area contributed by atoms with Gasteiger partial charge in [0.1, 0.15) is 42.8 Å². The summed E-state index contributed by atoms with van der Waals surface area (Å²) < 4.78 is 30.2. The molecule has 0 spiro atoms. The van der Waals surface area contributed by atoms with Crippen LogP contribution in [0.1, 0.15) is 105 Å². The van der Waals surface area contributed by atoms with Crippen LogP contribution in [-0.4, -0.2) is 56.6 Å². The van der Waals surface area contributed by atoms with E-state index in [9.17, 15) is 10.2 Å². The van der Waals surface area contributed by atoms with Gasteiger partial charge in [-0.25, -0.2) is 0 Å². The molecule has 238 valence electrons. The van der Waals surface area contributed by atoms with Crippen LogP contribution in [0.5, 0.6) is 23.0 Å². The minimum atomic E-state index is -0.187. The molecule has 0 aliphatic heterocycles. The second-order valence-corrected chi connectivity index (χ2v) is 14.9. The van der Waals surface area contributed by atoms with E-state index < -0.39 is 0 Å². The molecule has 0 aliphatic carbocycles. The molecule has 2 aromatic rings. The van der Waals surface area contributed by atoms with Crippen molar-refractivity contribution in [1.29, 1.82) is 0 Å². The Kier molecular flexibility index (Phi) is 12.2. The maximum absolute atomic E-state index is 9.32. The van der Waals surface area contributed by atoms with E-state index in [-0.39, 0.29) is 54.9 Å². The molecule has 0 saturated carbocycles. The molecule has 0 unspecified atom stereocenters. The molecule has 0 radical (unpaired) electrons. The molecule has 2 rings (SSSR count). The van der Waals surface area contributed by atoms with Crippen molar-refractivity contribution in [2.24, 2.45) is 0 Å². The number of aliphatic hydroxyl groups is 2. The zero-order valence-corrected chi connectivity index (χ0v) is 28.2. The van der Waals surface area contributed by atoms with Crippen molar-refractivity contribution in [2.75, 3.05) is 46.4 Å². The van der Waals surface area contributed by atoms with Gasteiger partial charge in [-0.1, -0.05) is 83.1 Å². The summed E-state index contributed by atoms with van der Waals surface area (Å²) in [6, 6.07) is 8.18. The fourth-order valence-electron chi connectivity index (χ4n) is 4.63. The van der Waals surface area contributed by atoms with Crippen LogP contribution in [0.4, 0.5) is 0 Å². The average Bonchev–Trinajstić information content (AvgIpc) is 2.85. The van der Waals surface area contributed by atoms with Crippen LogP contribution in [0.2, 0.25) is 0 Å². The first-order valence-corrected chi connectivity index (χ1v) is 15.0. The second-order valence-electron chi connectivity index (χ2n) is 14.9. The lowest BCUT2D eigenvalue weighted by Crippen LogP contribution is -2.21. The number of benzene rings is 2. The summed E-state index contributed by atoms with van der Waals surface area (Å²) in [5.74, 6) is 3.10. The SMILES string of the molecule is CC(C)(C)c1cc(OCCOCOc2cc(C(C)(C)C)c(OCCO)cc2C(C)(C)C)c(C(C)(C)C)cc1OCCO. The highest BCUT2D eigenvalue weighted by atomic mass is 16.7. The van der Waals surface area contributed by atoms with Gasteiger partial charge in [0, 0.05) is 22.3 Å². The molecule has 0 atom stereocenters. The summed E-state index contributed by atoms with van der Waals surface area (Å²) in [4.78, 5) is 0. The molecule has 0 heterocycles. The number of hydrogen-bond donors (Lipinski definition) is 2. The lowest BCUT2D eigenvalue weighted by molar-refractivity contribution is 0.00130. The van der Waals surface area contributed by atoms with E-state index in [0.29, 0.717) is 13.2 Å². The van der Waals surface area contributed by atoms with Crippen molar-refractivity contribution in [2.45, 2.75) is 105 Å². The molecule has 0 fully saturated rings. The van der Waals surface area contributed by atoms with E-state index in [1.807, 2.05) is 18.2 Å². The number of aliphatic hydroxyl groups excluding tert-OH is 2. The van der Waals surface area contributed by atoms with Crippen LogP contribution in [0.3, 0.4) is 0 Å². The summed E-state index contributed by atoms with van der Waals surface area (Å²) in [6.45, 7) is 26.8. The molecular formula is C35H56O7. The van der Waals surface area contributed by atoms with Crippen molar-refractivity contribution >= 4 is 0 Å². The number of ether oxygens (including phenoxy) is 5. The highest BCUT2D eigenvalue weighted by Gasteiger charge is 2.28. The molecule has 0 aliphatic rings. The second kappa shape index (κ2) is 14.3. The molecule has 2 aromatic carbocycles. The molecule has 0 aromatic heterocycles. The van der Waals surface area contributed by atoms with Gasteiger partial charge in [-0.2, -0.15) is 0 Å². The Labute approximate surface area is 254 Å². The van der Waals surface area contributed by atoms with Crippen molar-refractivity contribution in [1.82, 2.24) is 0 Å². The van der Waals surface area contributed by atoms with Crippen molar-refractivity contribution in [3.8, 4) is 23.0 Å². The maximum Gasteiger partial charge on any atom is 0.189 e. The third-order valence-corrected chi connectivity index (χ3v) is 6.88. The van der Waals surface area contributed by atoms with Gasteiger partial charge in [0.2, 0.25) is 0 Å². The van der Waals surface area contributed by atoms with Crippen molar-refractivity contribution in [3.05, 3.63) is 46.5 Å². The van der Waals surface area contributed by atoms with Crippen LogP contribution in [-0.2, 0) is 26.4 Å². The van der Waals surface area contributed by atoms with E-state index >= 15 is 0 Å². The highest BCUT2D eigenvalue weighted by molar-refractivity contribution is 5.52. The van der Waals surface area contributed by atoms with Gasteiger partial charge >= 0.3 is 0 Å². The fourth-order valence-corrected chi connectivity index (χ4v) is 4.63. The average molecular weight is 589 g/mol. The molecule has 0 saturated heterocycles. The molecule has 0 bridgehead atoms. The third kappa shape index (κ3) is 10.1. The Balaban J connectivity index is 2.19. The van der Waals surface area contributed by atoms with Gasteiger partial charge in [-0.15, -0.1) is 0 Å². The summed E-state index contributed by atoms with van der Waals surface area (Å²) in [5, 5.41) is 18.6. The summed E-state index contributed by atoms with van der Waals surface area (Å²) >= 11 is 0. The first-order valence-electron chi connectivity index (χ1n) is 15.0. The van der Waals surface area contributed by atoms with Crippen LogP contribution in [0.15, 0.2) is 24.3 Å². The predicted octanol–water partition coefficient (Wildman–Crippen LogP) is 7.05. The zero-order chi connectivity index (χ0) is 31.9. The van der Waals surface area contributed by atoms with Crippen molar-refractivity contribution < 1.29 is 33.9 Å². The quantitative estimate of drug-likeness (QED) is 0.192. The normalized spacial score (nSPS) is 12.8. The van der Waals surface area contributed by atoms with Gasteiger partial charge in [0.25, 0.3) is 0 Å². The predicted molar refractivity (Wildman–Crippen MR) is 170 cm³/mol. The Morgan fingerprint density at radius 3 is 1.00 bits per heavy atom. The zero-order valence-electron chi connectivity index (χ0n) is 28.2. The van der Waals surface area contributed by atoms with Crippen LogP contribution in [0, 0.1) is 0 Å². The molecule has 7 heteroatoms. The van der Waals surface area contributed by atoms with Crippen LogP contribution < -0.4 is 18.9 Å². The lowest BCUT2D eigenvalue weighted by Gasteiger charge is -2.29. The number of rotatable bonds is 13. The minimum Gasteiger partial charge on any atom is -0.491 e. The topological polar surface area (TPSA) is 86.6 Å². The molecular weight excluding hydrogens is 532 g/mol. The Hall–Kier alpha value is -2.48. The monoisotopic (exact) mass is 588 g/mol. The van der Waals surface area contributed by atoms with E-state index in [1.165, 1.54) is 0 Å². The van der Waals surface area contributed by atoms with Crippen LogP contribution in [0.25, 0.3) is 0 Å².